The van der Waals surface area contributed by atoms with Crippen LogP contribution in [-0.4, -0.2) is 43.7 Å². The van der Waals surface area contributed by atoms with E-state index in [9.17, 15) is 4.79 Å². The highest BCUT2D eigenvalue weighted by molar-refractivity contribution is 5.76. The van der Waals surface area contributed by atoms with Gasteiger partial charge in [-0.15, -0.1) is 0 Å². The van der Waals surface area contributed by atoms with Crippen molar-refractivity contribution in [2.24, 2.45) is 5.92 Å². The molecule has 2 heterocycles. The number of carbonyl (C=O) groups excluding carboxylic acids is 1. The van der Waals surface area contributed by atoms with Crippen LogP contribution >= 0.6 is 0 Å². The molecule has 1 atom stereocenters. The molecule has 4 nitrogen and oxygen atoms in total. The van der Waals surface area contributed by atoms with Crippen molar-refractivity contribution in [1.82, 2.24) is 15.5 Å². The molecule has 4 heteroatoms. The fourth-order valence-corrected chi connectivity index (χ4v) is 2.23. The summed E-state index contributed by atoms with van der Waals surface area (Å²) in [6, 6.07) is 0.119. The summed E-state index contributed by atoms with van der Waals surface area (Å²) in [7, 11) is 0. The van der Waals surface area contributed by atoms with Gasteiger partial charge in [-0.25, -0.2) is 4.79 Å². The van der Waals surface area contributed by atoms with Crippen molar-refractivity contribution >= 4 is 6.03 Å². The molecule has 2 fully saturated rings. The number of rotatable bonds is 3. The van der Waals surface area contributed by atoms with Gasteiger partial charge in [0.2, 0.25) is 0 Å². The van der Waals surface area contributed by atoms with E-state index in [1.54, 1.807) is 0 Å². The first-order chi connectivity index (χ1) is 6.86. The lowest BCUT2D eigenvalue weighted by Gasteiger charge is -2.24. The van der Waals surface area contributed by atoms with Crippen LogP contribution in [0.3, 0.4) is 0 Å². The molecule has 0 radical (unpaired) electrons. The van der Waals surface area contributed by atoms with E-state index in [-0.39, 0.29) is 6.03 Å². The van der Waals surface area contributed by atoms with E-state index < -0.39 is 0 Å². The van der Waals surface area contributed by atoms with Gasteiger partial charge in [0.1, 0.15) is 0 Å². The molecule has 2 rings (SSSR count). The van der Waals surface area contributed by atoms with Gasteiger partial charge >= 0.3 is 6.03 Å². The Morgan fingerprint density at radius 3 is 3.00 bits per heavy atom. The van der Waals surface area contributed by atoms with E-state index in [1.807, 2.05) is 4.90 Å². The number of hydrogen-bond acceptors (Lipinski definition) is 2. The van der Waals surface area contributed by atoms with Crippen LogP contribution in [0.25, 0.3) is 0 Å². The van der Waals surface area contributed by atoms with Crippen LogP contribution in [0.1, 0.15) is 19.3 Å². The second-order valence-electron chi connectivity index (χ2n) is 4.22. The Bertz CT molecular complexity index is 202. The van der Waals surface area contributed by atoms with Gasteiger partial charge in [-0.05, 0) is 38.3 Å². The molecule has 0 aromatic carbocycles. The Morgan fingerprint density at radius 1 is 1.43 bits per heavy atom. The van der Waals surface area contributed by atoms with E-state index in [2.05, 4.69) is 10.6 Å². The highest BCUT2D eigenvalue weighted by atomic mass is 16.2. The third-order valence-corrected chi connectivity index (χ3v) is 3.15. The van der Waals surface area contributed by atoms with E-state index in [4.69, 9.17) is 0 Å². The monoisotopic (exact) mass is 197 g/mol. The van der Waals surface area contributed by atoms with Crippen LogP contribution < -0.4 is 10.6 Å². The summed E-state index contributed by atoms with van der Waals surface area (Å²) >= 11 is 0. The summed E-state index contributed by atoms with van der Waals surface area (Å²) in [5.74, 6) is 0.775. The van der Waals surface area contributed by atoms with E-state index >= 15 is 0 Å². The van der Waals surface area contributed by atoms with Crippen LogP contribution in [0, 0.1) is 5.92 Å². The molecule has 0 aromatic heterocycles. The quantitative estimate of drug-likeness (QED) is 0.688. The van der Waals surface area contributed by atoms with Crippen LogP contribution in [0.5, 0.6) is 0 Å². The minimum Gasteiger partial charge on any atom is -0.336 e. The molecule has 14 heavy (non-hydrogen) atoms. The van der Waals surface area contributed by atoms with Gasteiger partial charge in [0.05, 0.1) is 0 Å². The Kier molecular flexibility index (Phi) is 3.24. The number of amides is 2. The van der Waals surface area contributed by atoms with Crippen molar-refractivity contribution in [3.8, 4) is 0 Å². The molecule has 0 spiro atoms. The summed E-state index contributed by atoms with van der Waals surface area (Å²) in [6.07, 6.45) is 3.76. The molecular formula is C10H19N3O. The smallest absolute Gasteiger partial charge is 0.317 e. The fourth-order valence-electron chi connectivity index (χ4n) is 2.23. The predicted molar refractivity (Wildman–Crippen MR) is 55.2 cm³/mol. The third kappa shape index (κ3) is 2.38. The zero-order valence-electron chi connectivity index (χ0n) is 8.59. The Hall–Kier alpha value is -0.770. The van der Waals surface area contributed by atoms with Gasteiger partial charge in [0.25, 0.3) is 0 Å². The largest absolute Gasteiger partial charge is 0.336 e. The Balaban J connectivity index is 1.68. The molecule has 2 aliphatic rings. The number of nitrogens with zero attached hydrogens (tertiary/aromatic N) is 1. The van der Waals surface area contributed by atoms with Gasteiger partial charge in [-0.2, -0.15) is 0 Å². The van der Waals surface area contributed by atoms with Crippen LogP contribution in [-0.2, 0) is 0 Å². The van der Waals surface area contributed by atoms with Crippen LogP contribution in [0.4, 0.5) is 4.79 Å². The molecular weight excluding hydrogens is 178 g/mol. The second-order valence-corrected chi connectivity index (χ2v) is 4.22. The predicted octanol–water partition coefficient (Wildman–Crippen LogP) is 0.401. The number of carbonyl (C=O) groups is 1. The maximum atomic E-state index is 11.2. The first-order valence-electron chi connectivity index (χ1n) is 5.60. The molecule has 1 unspecified atom stereocenters. The maximum Gasteiger partial charge on any atom is 0.317 e. The molecule has 0 saturated carbocycles. The summed E-state index contributed by atoms with van der Waals surface area (Å²) in [4.78, 5) is 13.2. The fraction of sp³-hybridized carbons (Fsp3) is 0.900. The summed E-state index contributed by atoms with van der Waals surface area (Å²) in [5.41, 5.74) is 0. The summed E-state index contributed by atoms with van der Waals surface area (Å²) in [5, 5.41) is 6.23. The number of piperidine rings is 1. The van der Waals surface area contributed by atoms with Crippen molar-refractivity contribution in [3.05, 3.63) is 0 Å². The first kappa shape index (κ1) is 9.77. The van der Waals surface area contributed by atoms with Gasteiger partial charge in [0.15, 0.2) is 0 Å². The topological polar surface area (TPSA) is 44.4 Å². The van der Waals surface area contributed by atoms with Crippen molar-refractivity contribution in [2.45, 2.75) is 19.3 Å². The molecule has 2 amide bonds. The minimum atomic E-state index is 0.119. The molecule has 0 bridgehead atoms. The lowest BCUT2D eigenvalue weighted by molar-refractivity contribution is 0.211. The molecule has 0 aliphatic carbocycles. The van der Waals surface area contributed by atoms with E-state index in [0.717, 1.165) is 38.5 Å². The maximum absolute atomic E-state index is 11.2. The minimum absolute atomic E-state index is 0.119. The standard InChI is InChI=1S/C10H19N3O/c14-10-12-5-7-13(10)6-3-9-2-1-4-11-8-9/h9,11H,1-8H2,(H,12,14). The average molecular weight is 197 g/mol. The third-order valence-electron chi connectivity index (χ3n) is 3.15. The van der Waals surface area contributed by atoms with Crippen LogP contribution in [0.2, 0.25) is 0 Å². The SMILES string of the molecule is O=C1NCCN1CCC1CCCNC1. The second kappa shape index (κ2) is 4.64. The normalized spacial score (nSPS) is 27.9. The van der Waals surface area contributed by atoms with Gasteiger partial charge in [-0.3, -0.25) is 0 Å². The van der Waals surface area contributed by atoms with Gasteiger partial charge in [-0.1, -0.05) is 0 Å². The van der Waals surface area contributed by atoms with Gasteiger partial charge < -0.3 is 15.5 Å². The molecule has 2 N–H and O–H groups in total. The molecule has 2 saturated heterocycles. The van der Waals surface area contributed by atoms with Crippen molar-refractivity contribution in [2.75, 3.05) is 32.7 Å². The molecule has 0 aromatic rings. The first-order valence-corrected chi connectivity index (χ1v) is 5.60. The van der Waals surface area contributed by atoms with Crippen molar-refractivity contribution in [1.29, 1.82) is 0 Å². The molecule has 2 aliphatic heterocycles. The van der Waals surface area contributed by atoms with Crippen molar-refractivity contribution < 1.29 is 4.79 Å². The van der Waals surface area contributed by atoms with E-state index in [1.165, 1.54) is 19.4 Å². The Morgan fingerprint density at radius 2 is 2.36 bits per heavy atom. The Labute approximate surface area is 85.0 Å². The molecule has 80 valence electrons. The zero-order valence-corrected chi connectivity index (χ0v) is 8.59. The van der Waals surface area contributed by atoms with Crippen molar-refractivity contribution in [3.63, 3.8) is 0 Å². The lowest BCUT2D eigenvalue weighted by atomic mass is 9.96. The zero-order chi connectivity index (χ0) is 9.80. The summed E-state index contributed by atoms with van der Waals surface area (Å²) < 4.78 is 0. The average Bonchev–Trinajstić information content (AvgIpc) is 2.63. The summed E-state index contributed by atoms with van der Waals surface area (Å²) in [6.45, 7) is 4.94. The lowest BCUT2D eigenvalue weighted by Crippen LogP contribution is -2.34. The van der Waals surface area contributed by atoms with Gasteiger partial charge in [0, 0.05) is 19.6 Å². The van der Waals surface area contributed by atoms with Crippen LogP contribution in [0.15, 0.2) is 0 Å². The van der Waals surface area contributed by atoms with E-state index in [0.29, 0.717) is 0 Å². The highest BCUT2D eigenvalue weighted by Crippen LogP contribution is 2.14. The number of nitrogens with one attached hydrogen (secondary N) is 2. The number of urea groups is 1. The number of hydrogen-bond donors (Lipinski definition) is 2. The highest BCUT2D eigenvalue weighted by Gasteiger charge is 2.21.